The van der Waals surface area contributed by atoms with Crippen LogP contribution >= 0.6 is 11.6 Å². The molecule has 0 saturated carbocycles. The molecule has 0 aliphatic heterocycles. The summed E-state index contributed by atoms with van der Waals surface area (Å²) in [5, 5.41) is 7.86. The molecule has 156 valence electrons. The molecule has 0 spiro atoms. The second-order valence-electron chi connectivity index (χ2n) is 6.80. The van der Waals surface area contributed by atoms with Gasteiger partial charge in [0.2, 0.25) is 0 Å². The van der Waals surface area contributed by atoms with Crippen molar-refractivity contribution in [3.8, 4) is 5.75 Å². The first-order chi connectivity index (χ1) is 14.5. The van der Waals surface area contributed by atoms with Crippen LogP contribution in [0.1, 0.15) is 34.1 Å². The molecule has 1 N–H and O–H groups in total. The Morgan fingerprint density at radius 1 is 1.20 bits per heavy atom. The Bertz CT molecular complexity index is 1080. The minimum absolute atomic E-state index is 0.134. The van der Waals surface area contributed by atoms with Crippen molar-refractivity contribution in [3.63, 3.8) is 0 Å². The summed E-state index contributed by atoms with van der Waals surface area (Å²) in [7, 11) is 0. The highest BCUT2D eigenvalue weighted by Crippen LogP contribution is 2.13. The maximum Gasteiger partial charge on any atom is 0.270 e. The average molecular weight is 427 g/mol. The fourth-order valence-electron chi connectivity index (χ4n) is 2.90. The van der Waals surface area contributed by atoms with Crippen molar-refractivity contribution in [2.75, 3.05) is 6.54 Å². The van der Waals surface area contributed by atoms with Gasteiger partial charge in [0.25, 0.3) is 5.56 Å². The van der Waals surface area contributed by atoms with Gasteiger partial charge in [-0.05, 0) is 36.7 Å². The molecule has 0 bridgehead atoms. The highest BCUT2D eigenvalue weighted by molar-refractivity contribution is 6.30. The predicted octanol–water partition coefficient (Wildman–Crippen LogP) is 3.17. The van der Waals surface area contributed by atoms with Gasteiger partial charge in [0.1, 0.15) is 18.9 Å². The summed E-state index contributed by atoms with van der Waals surface area (Å²) >= 11 is 5.80. The number of aromatic nitrogens is 3. The van der Waals surface area contributed by atoms with E-state index in [1.165, 1.54) is 18.5 Å². The van der Waals surface area contributed by atoms with E-state index in [2.05, 4.69) is 15.4 Å². The second kappa shape index (κ2) is 10.1. The van der Waals surface area contributed by atoms with Gasteiger partial charge in [-0.15, -0.1) is 0 Å². The normalized spacial score (nSPS) is 10.8. The summed E-state index contributed by atoms with van der Waals surface area (Å²) in [6, 6.07) is 10.5. The molecule has 0 atom stereocenters. The van der Waals surface area contributed by atoms with Crippen LogP contribution in [-0.2, 0) is 19.7 Å². The van der Waals surface area contributed by atoms with Crippen molar-refractivity contribution in [3.05, 3.63) is 86.6 Å². The summed E-state index contributed by atoms with van der Waals surface area (Å²) in [4.78, 5) is 29.1. The SMILES string of the molecule is CCNCc1ccc(C(=O)Cn2ncc(OCc3ccc(Cl)cn3)cc2=O)c(C)c1. The summed E-state index contributed by atoms with van der Waals surface area (Å²) in [5.74, 6) is 0.139. The molecule has 1 aromatic carbocycles. The molecular formula is C22H23ClN4O3. The van der Waals surface area contributed by atoms with Crippen LogP contribution in [-0.4, -0.2) is 27.1 Å². The first-order valence-corrected chi connectivity index (χ1v) is 9.98. The van der Waals surface area contributed by atoms with Gasteiger partial charge in [0.05, 0.1) is 16.9 Å². The first kappa shape index (κ1) is 21.7. The van der Waals surface area contributed by atoms with E-state index in [1.807, 2.05) is 26.0 Å². The number of aryl methyl sites for hydroxylation is 1. The number of benzene rings is 1. The van der Waals surface area contributed by atoms with Gasteiger partial charge in [-0.25, -0.2) is 4.68 Å². The van der Waals surface area contributed by atoms with Crippen LogP contribution < -0.4 is 15.6 Å². The zero-order valence-corrected chi connectivity index (χ0v) is 17.6. The lowest BCUT2D eigenvalue weighted by atomic mass is 10.0. The molecule has 3 rings (SSSR count). The van der Waals surface area contributed by atoms with E-state index < -0.39 is 5.56 Å². The number of carbonyl (C=O) groups is 1. The molecule has 30 heavy (non-hydrogen) atoms. The van der Waals surface area contributed by atoms with Crippen LogP contribution in [0.2, 0.25) is 5.02 Å². The number of hydrogen-bond acceptors (Lipinski definition) is 6. The highest BCUT2D eigenvalue weighted by Gasteiger charge is 2.12. The number of rotatable bonds is 9. The van der Waals surface area contributed by atoms with Gasteiger partial charge in [-0.3, -0.25) is 14.6 Å². The number of carbonyl (C=O) groups excluding carboxylic acids is 1. The number of Topliss-reactive ketones (excluding diaryl/α,β-unsaturated/α-hetero) is 1. The fourth-order valence-corrected chi connectivity index (χ4v) is 3.01. The molecule has 3 aromatic rings. The second-order valence-corrected chi connectivity index (χ2v) is 7.23. The average Bonchev–Trinajstić information content (AvgIpc) is 2.73. The minimum Gasteiger partial charge on any atom is -0.485 e. The fraction of sp³-hybridized carbons (Fsp3) is 0.273. The Kier molecular flexibility index (Phi) is 7.32. The van der Waals surface area contributed by atoms with Crippen molar-refractivity contribution in [2.45, 2.75) is 33.5 Å². The van der Waals surface area contributed by atoms with Crippen LogP contribution in [0.4, 0.5) is 0 Å². The smallest absolute Gasteiger partial charge is 0.270 e. The molecular weight excluding hydrogens is 404 g/mol. The molecule has 0 amide bonds. The number of hydrogen-bond donors (Lipinski definition) is 1. The molecule has 0 aliphatic rings. The highest BCUT2D eigenvalue weighted by atomic mass is 35.5. The van der Waals surface area contributed by atoms with Gasteiger partial charge in [-0.1, -0.05) is 36.7 Å². The third-order valence-corrected chi connectivity index (χ3v) is 4.71. The molecule has 0 radical (unpaired) electrons. The quantitative estimate of drug-likeness (QED) is 0.529. The molecule has 0 fully saturated rings. The third kappa shape index (κ3) is 5.75. The molecule has 2 aromatic heterocycles. The largest absolute Gasteiger partial charge is 0.485 e. The number of ketones is 1. The van der Waals surface area contributed by atoms with E-state index in [9.17, 15) is 9.59 Å². The lowest BCUT2D eigenvalue weighted by Gasteiger charge is -2.10. The Balaban J connectivity index is 1.64. The number of nitrogens with one attached hydrogen (secondary N) is 1. The van der Waals surface area contributed by atoms with E-state index in [0.29, 0.717) is 22.0 Å². The van der Waals surface area contributed by atoms with Crippen molar-refractivity contribution < 1.29 is 9.53 Å². The van der Waals surface area contributed by atoms with E-state index in [-0.39, 0.29) is 18.9 Å². The lowest BCUT2D eigenvalue weighted by Crippen LogP contribution is -2.26. The molecule has 0 unspecified atom stereocenters. The molecule has 2 heterocycles. The van der Waals surface area contributed by atoms with Gasteiger partial charge in [0, 0.05) is 24.4 Å². The number of ether oxygens (including phenoxy) is 1. The summed E-state index contributed by atoms with van der Waals surface area (Å²) in [6.45, 7) is 5.61. The Labute approximate surface area is 179 Å². The Morgan fingerprint density at radius 3 is 2.70 bits per heavy atom. The third-order valence-electron chi connectivity index (χ3n) is 4.48. The monoisotopic (exact) mass is 426 g/mol. The maximum absolute atomic E-state index is 12.7. The molecule has 7 nitrogen and oxygen atoms in total. The van der Waals surface area contributed by atoms with Crippen molar-refractivity contribution in [1.82, 2.24) is 20.1 Å². The van der Waals surface area contributed by atoms with Crippen LogP contribution in [0.15, 0.2) is 53.6 Å². The van der Waals surface area contributed by atoms with Gasteiger partial charge >= 0.3 is 0 Å². The van der Waals surface area contributed by atoms with Crippen LogP contribution in [0.5, 0.6) is 5.75 Å². The first-order valence-electron chi connectivity index (χ1n) is 9.60. The standard InChI is InChI=1S/C22H23ClN4O3/c1-3-24-10-16-4-7-20(15(2)8-16)21(28)13-27-22(29)9-19(12-26-27)30-14-18-6-5-17(23)11-25-18/h4-9,11-12,24H,3,10,13-14H2,1-2H3. The van der Waals surface area contributed by atoms with Crippen molar-refractivity contribution >= 4 is 17.4 Å². The zero-order valence-electron chi connectivity index (χ0n) is 16.9. The summed E-state index contributed by atoms with van der Waals surface area (Å²) < 4.78 is 6.68. The minimum atomic E-state index is -0.411. The summed E-state index contributed by atoms with van der Waals surface area (Å²) in [6.07, 6.45) is 2.94. The molecule has 0 saturated heterocycles. The van der Waals surface area contributed by atoms with Crippen LogP contribution in [0, 0.1) is 6.92 Å². The van der Waals surface area contributed by atoms with Crippen LogP contribution in [0.25, 0.3) is 0 Å². The topological polar surface area (TPSA) is 86.1 Å². The van der Waals surface area contributed by atoms with Crippen molar-refractivity contribution in [1.29, 1.82) is 0 Å². The van der Waals surface area contributed by atoms with Gasteiger partial charge in [-0.2, -0.15) is 5.10 Å². The predicted molar refractivity (Wildman–Crippen MR) is 115 cm³/mol. The van der Waals surface area contributed by atoms with E-state index in [4.69, 9.17) is 16.3 Å². The molecule has 0 aliphatic carbocycles. The number of halogens is 1. The summed E-state index contributed by atoms with van der Waals surface area (Å²) in [5.41, 5.74) is 2.83. The van der Waals surface area contributed by atoms with Gasteiger partial charge < -0.3 is 10.1 Å². The van der Waals surface area contributed by atoms with E-state index in [0.717, 1.165) is 28.9 Å². The maximum atomic E-state index is 12.7. The molecule has 8 heteroatoms. The lowest BCUT2D eigenvalue weighted by molar-refractivity contribution is 0.0964. The van der Waals surface area contributed by atoms with E-state index >= 15 is 0 Å². The van der Waals surface area contributed by atoms with Crippen LogP contribution in [0.3, 0.4) is 0 Å². The van der Waals surface area contributed by atoms with E-state index in [1.54, 1.807) is 18.2 Å². The number of nitrogens with zero attached hydrogens (tertiary/aromatic N) is 3. The zero-order chi connectivity index (χ0) is 21.5. The Hall–Kier alpha value is -3.03. The van der Waals surface area contributed by atoms with Gasteiger partial charge in [0.15, 0.2) is 5.78 Å². The number of pyridine rings is 1. The Morgan fingerprint density at radius 2 is 2.03 bits per heavy atom. The van der Waals surface area contributed by atoms with Crippen molar-refractivity contribution in [2.24, 2.45) is 0 Å².